The van der Waals surface area contributed by atoms with E-state index in [1.807, 2.05) is 0 Å². The lowest BCUT2D eigenvalue weighted by molar-refractivity contribution is 0.220. The highest BCUT2D eigenvalue weighted by atomic mass is 127. The molecule has 0 fully saturated rings. The molecule has 1 aromatic carbocycles. The van der Waals surface area contributed by atoms with Crippen molar-refractivity contribution in [1.29, 1.82) is 0 Å². The van der Waals surface area contributed by atoms with Gasteiger partial charge in [-0.05, 0) is 51.7 Å². The minimum Gasteiger partial charge on any atom is -0.384 e. The second-order valence-electron chi connectivity index (χ2n) is 3.37. The zero-order valence-corrected chi connectivity index (χ0v) is 12.0. The van der Waals surface area contributed by atoms with Crippen molar-refractivity contribution in [1.82, 2.24) is 0 Å². The summed E-state index contributed by atoms with van der Waals surface area (Å²) >= 11 is 9.36. The summed E-state index contributed by atoms with van der Waals surface area (Å²) in [6.07, 6.45) is -1.04. The van der Waals surface area contributed by atoms with Gasteiger partial charge in [0.1, 0.15) is 6.10 Å². The van der Waals surface area contributed by atoms with Gasteiger partial charge in [0.2, 0.25) is 0 Å². The van der Waals surface area contributed by atoms with E-state index in [4.69, 9.17) is 11.6 Å². The maximum absolute atomic E-state index is 13.1. The first kappa shape index (κ1) is 13.2. The third-order valence-corrected chi connectivity index (χ3v) is 4.37. The SMILES string of the molecule is OC(c1csc(I)c1)c1cc(F)c(F)cc1Cl. The molecule has 1 atom stereocenters. The van der Waals surface area contributed by atoms with Crippen molar-refractivity contribution in [2.45, 2.75) is 6.10 Å². The Labute approximate surface area is 119 Å². The van der Waals surface area contributed by atoms with Crippen molar-refractivity contribution in [2.75, 3.05) is 0 Å². The topological polar surface area (TPSA) is 20.2 Å². The average Bonchev–Trinajstić information content (AvgIpc) is 2.69. The molecule has 1 aromatic heterocycles. The van der Waals surface area contributed by atoms with Crippen molar-refractivity contribution in [3.05, 3.63) is 54.2 Å². The minimum atomic E-state index is -1.04. The molecule has 1 unspecified atom stereocenters. The van der Waals surface area contributed by atoms with E-state index in [2.05, 4.69) is 22.6 Å². The van der Waals surface area contributed by atoms with Gasteiger partial charge in [-0.2, -0.15) is 0 Å². The molecule has 0 aliphatic carbocycles. The van der Waals surface area contributed by atoms with E-state index in [1.54, 1.807) is 11.4 Å². The number of aliphatic hydroxyl groups excluding tert-OH is 1. The van der Waals surface area contributed by atoms with E-state index in [0.717, 1.165) is 15.0 Å². The smallest absolute Gasteiger partial charge is 0.160 e. The van der Waals surface area contributed by atoms with Crippen LogP contribution in [0.4, 0.5) is 8.78 Å². The minimum absolute atomic E-state index is 0.0117. The van der Waals surface area contributed by atoms with E-state index < -0.39 is 17.7 Å². The second kappa shape index (κ2) is 5.17. The first-order chi connectivity index (χ1) is 7.99. The van der Waals surface area contributed by atoms with Crippen LogP contribution in [0.1, 0.15) is 17.2 Å². The molecule has 0 saturated heterocycles. The third kappa shape index (κ3) is 2.78. The summed E-state index contributed by atoms with van der Waals surface area (Å²) in [5.74, 6) is -2.04. The van der Waals surface area contributed by atoms with Crippen molar-refractivity contribution >= 4 is 45.5 Å². The monoisotopic (exact) mass is 386 g/mol. The van der Waals surface area contributed by atoms with Gasteiger partial charge in [-0.1, -0.05) is 11.6 Å². The van der Waals surface area contributed by atoms with Gasteiger partial charge in [0.15, 0.2) is 11.6 Å². The Morgan fingerprint density at radius 2 is 1.88 bits per heavy atom. The lowest BCUT2D eigenvalue weighted by Gasteiger charge is -2.11. The molecule has 1 N–H and O–H groups in total. The van der Waals surface area contributed by atoms with E-state index >= 15 is 0 Å². The molecule has 0 bridgehead atoms. The molecule has 0 radical (unpaired) electrons. The molecule has 90 valence electrons. The first-order valence-electron chi connectivity index (χ1n) is 4.55. The summed E-state index contributed by atoms with van der Waals surface area (Å²) in [5, 5.41) is 11.8. The van der Waals surface area contributed by atoms with Gasteiger partial charge in [0, 0.05) is 10.6 Å². The van der Waals surface area contributed by atoms with Crippen LogP contribution < -0.4 is 0 Å². The van der Waals surface area contributed by atoms with Crippen LogP contribution >= 0.6 is 45.5 Å². The Kier molecular flexibility index (Phi) is 4.02. The zero-order chi connectivity index (χ0) is 12.6. The molecular formula is C11H6ClF2IOS. The summed E-state index contributed by atoms with van der Waals surface area (Å²) in [5.41, 5.74) is 0.784. The van der Waals surface area contributed by atoms with Crippen LogP contribution in [-0.4, -0.2) is 5.11 Å². The molecular weight excluding hydrogens is 381 g/mol. The molecule has 0 aliphatic heterocycles. The van der Waals surface area contributed by atoms with E-state index in [-0.39, 0.29) is 10.6 Å². The van der Waals surface area contributed by atoms with Gasteiger partial charge in [-0.25, -0.2) is 8.78 Å². The fourth-order valence-corrected chi connectivity index (χ4v) is 3.04. The largest absolute Gasteiger partial charge is 0.384 e. The number of thiophene rings is 1. The number of aliphatic hydroxyl groups is 1. The lowest BCUT2D eigenvalue weighted by Crippen LogP contribution is -2.01. The molecule has 17 heavy (non-hydrogen) atoms. The van der Waals surface area contributed by atoms with Crippen molar-refractivity contribution in [3.8, 4) is 0 Å². The molecule has 0 amide bonds. The fourth-order valence-electron chi connectivity index (χ4n) is 1.39. The number of hydrogen-bond acceptors (Lipinski definition) is 2. The second-order valence-corrected chi connectivity index (χ2v) is 6.59. The summed E-state index contributed by atoms with van der Waals surface area (Å²) in [6, 6.07) is 3.56. The van der Waals surface area contributed by atoms with E-state index in [0.29, 0.717) is 5.56 Å². The van der Waals surface area contributed by atoms with Gasteiger partial charge in [-0.3, -0.25) is 0 Å². The number of halogens is 4. The maximum Gasteiger partial charge on any atom is 0.160 e. The molecule has 0 spiro atoms. The lowest BCUT2D eigenvalue weighted by atomic mass is 10.0. The average molecular weight is 387 g/mol. The molecule has 0 saturated carbocycles. The third-order valence-electron chi connectivity index (χ3n) is 2.24. The van der Waals surface area contributed by atoms with Gasteiger partial charge in [0.05, 0.1) is 2.88 Å². The summed E-state index contributed by atoms with van der Waals surface area (Å²) in [4.78, 5) is 0. The fraction of sp³-hybridized carbons (Fsp3) is 0.0909. The predicted octanol–water partition coefficient (Wildman–Crippen LogP) is 4.37. The molecule has 2 rings (SSSR count). The summed E-state index contributed by atoms with van der Waals surface area (Å²) < 4.78 is 27.0. The maximum atomic E-state index is 13.1. The van der Waals surface area contributed by atoms with Gasteiger partial charge >= 0.3 is 0 Å². The van der Waals surface area contributed by atoms with Crippen LogP contribution in [0.25, 0.3) is 0 Å². The summed E-state index contributed by atoms with van der Waals surface area (Å²) in [6.45, 7) is 0. The molecule has 6 heteroatoms. The summed E-state index contributed by atoms with van der Waals surface area (Å²) in [7, 11) is 0. The number of hydrogen-bond donors (Lipinski definition) is 1. The van der Waals surface area contributed by atoms with Gasteiger partial charge in [0.25, 0.3) is 0 Å². The highest BCUT2D eigenvalue weighted by Crippen LogP contribution is 2.32. The number of benzene rings is 1. The predicted molar refractivity (Wildman–Crippen MR) is 72.5 cm³/mol. The Morgan fingerprint density at radius 3 is 2.47 bits per heavy atom. The van der Waals surface area contributed by atoms with Crippen LogP contribution in [0.3, 0.4) is 0 Å². The number of rotatable bonds is 2. The molecule has 1 heterocycles. The standard InChI is InChI=1S/C11H6ClF2IOS/c12-7-3-9(14)8(13)2-6(7)11(16)5-1-10(15)17-4-5/h1-4,11,16H. The highest BCUT2D eigenvalue weighted by Gasteiger charge is 2.18. The highest BCUT2D eigenvalue weighted by molar-refractivity contribution is 14.1. The normalized spacial score (nSPS) is 12.8. The van der Waals surface area contributed by atoms with Crippen molar-refractivity contribution < 1.29 is 13.9 Å². The Balaban J connectivity index is 2.43. The molecule has 2 aromatic rings. The zero-order valence-electron chi connectivity index (χ0n) is 8.25. The molecule has 0 aliphatic rings. The Hall–Kier alpha value is -0.240. The van der Waals surface area contributed by atoms with Crippen LogP contribution in [0.2, 0.25) is 5.02 Å². The van der Waals surface area contributed by atoms with Crippen molar-refractivity contribution in [2.24, 2.45) is 0 Å². The van der Waals surface area contributed by atoms with Crippen LogP contribution in [0, 0.1) is 14.5 Å². The van der Waals surface area contributed by atoms with Crippen LogP contribution in [0.15, 0.2) is 23.6 Å². The van der Waals surface area contributed by atoms with E-state index in [9.17, 15) is 13.9 Å². The Bertz CT molecular complexity index is 558. The van der Waals surface area contributed by atoms with Gasteiger partial charge in [-0.15, -0.1) is 11.3 Å². The van der Waals surface area contributed by atoms with Crippen molar-refractivity contribution in [3.63, 3.8) is 0 Å². The Morgan fingerprint density at radius 1 is 1.24 bits per heavy atom. The quantitative estimate of drug-likeness (QED) is 0.600. The van der Waals surface area contributed by atoms with Gasteiger partial charge < -0.3 is 5.11 Å². The van der Waals surface area contributed by atoms with Crippen LogP contribution in [0.5, 0.6) is 0 Å². The van der Waals surface area contributed by atoms with Crippen LogP contribution in [-0.2, 0) is 0 Å². The first-order valence-corrected chi connectivity index (χ1v) is 6.89. The molecule has 1 nitrogen and oxygen atoms in total. The van der Waals surface area contributed by atoms with E-state index in [1.165, 1.54) is 11.3 Å².